The Morgan fingerprint density at radius 2 is 1.51 bits per heavy atom. The number of nitrogens with zero attached hydrogens (tertiary/aromatic N) is 2. The van der Waals surface area contributed by atoms with Crippen molar-refractivity contribution in [1.82, 2.24) is 10.2 Å². The molecule has 3 rings (SSSR count). The molecule has 1 N–H and O–H groups in total. The summed E-state index contributed by atoms with van der Waals surface area (Å²) in [5.74, 6) is -0.753. The number of nitrogens with one attached hydrogen (secondary N) is 1. The lowest BCUT2D eigenvalue weighted by molar-refractivity contribution is -0.140. The van der Waals surface area contributed by atoms with Crippen LogP contribution in [0.1, 0.15) is 44.7 Å². The molecule has 2 amide bonds. The zero-order valence-corrected chi connectivity index (χ0v) is 24.4. The van der Waals surface area contributed by atoms with Gasteiger partial charge in [0.1, 0.15) is 12.6 Å². The van der Waals surface area contributed by atoms with Crippen molar-refractivity contribution in [2.24, 2.45) is 0 Å². The molecular formula is C30H36ClN3O4S. The maximum atomic E-state index is 14.1. The van der Waals surface area contributed by atoms with Crippen LogP contribution in [0.2, 0.25) is 5.02 Å². The molecule has 0 heterocycles. The van der Waals surface area contributed by atoms with E-state index in [0.29, 0.717) is 17.1 Å². The summed E-state index contributed by atoms with van der Waals surface area (Å²) in [5.41, 5.74) is 2.15. The summed E-state index contributed by atoms with van der Waals surface area (Å²) in [5, 5.41) is 3.43. The topological polar surface area (TPSA) is 86.8 Å². The number of rotatable bonds is 12. The van der Waals surface area contributed by atoms with E-state index in [1.165, 1.54) is 17.0 Å². The lowest BCUT2D eigenvalue weighted by atomic mass is 10.1. The van der Waals surface area contributed by atoms with Crippen LogP contribution in [0.3, 0.4) is 0 Å². The first-order chi connectivity index (χ1) is 18.6. The number of aryl methyl sites for hydroxylation is 1. The van der Waals surface area contributed by atoms with Crippen LogP contribution < -0.4 is 9.62 Å². The maximum Gasteiger partial charge on any atom is 0.264 e. The van der Waals surface area contributed by atoms with E-state index in [0.717, 1.165) is 21.9 Å². The van der Waals surface area contributed by atoms with Crippen molar-refractivity contribution >= 4 is 39.1 Å². The van der Waals surface area contributed by atoms with Gasteiger partial charge in [0.2, 0.25) is 11.8 Å². The minimum atomic E-state index is -4.11. The van der Waals surface area contributed by atoms with Gasteiger partial charge < -0.3 is 10.2 Å². The highest BCUT2D eigenvalue weighted by molar-refractivity contribution is 7.92. The Balaban J connectivity index is 2.05. The van der Waals surface area contributed by atoms with E-state index < -0.39 is 28.5 Å². The van der Waals surface area contributed by atoms with Gasteiger partial charge in [-0.15, -0.1) is 0 Å². The molecular weight excluding hydrogens is 534 g/mol. The van der Waals surface area contributed by atoms with Gasteiger partial charge in [0.25, 0.3) is 10.0 Å². The van der Waals surface area contributed by atoms with Gasteiger partial charge in [-0.1, -0.05) is 67.9 Å². The molecule has 0 aliphatic heterocycles. The lowest BCUT2D eigenvalue weighted by Crippen LogP contribution is -2.53. The number of benzene rings is 3. The summed E-state index contributed by atoms with van der Waals surface area (Å²) in [6.45, 7) is 7.34. The number of amides is 2. The fraction of sp³-hybridized carbons (Fsp3) is 0.333. The van der Waals surface area contributed by atoms with Crippen molar-refractivity contribution in [3.8, 4) is 0 Å². The highest BCUT2D eigenvalue weighted by atomic mass is 35.5. The van der Waals surface area contributed by atoms with Crippen molar-refractivity contribution < 1.29 is 18.0 Å². The van der Waals surface area contributed by atoms with E-state index in [2.05, 4.69) is 5.32 Å². The molecule has 0 radical (unpaired) electrons. The van der Waals surface area contributed by atoms with Crippen LogP contribution in [0.5, 0.6) is 0 Å². The fourth-order valence-corrected chi connectivity index (χ4v) is 5.75. The van der Waals surface area contributed by atoms with Gasteiger partial charge in [0.15, 0.2) is 0 Å². The first kappa shape index (κ1) is 30.2. The summed E-state index contributed by atoms with van der Waals surface area (Å²) >= 11 is 6.07. The molecule has 0 saturated carbocycles. The predicted molar refractivity (Wildman–Crippen MR) is 156 cm³/mol. The van der Waals surface area contributed by atoms with Crippen molar-refractivity contribution in [2.45, 2.75) is 64.1 Å². The molecule has 2 atom stereocenters. The first-order valence-corrected chi connectivity index (χ1v) is 14.9. The van der Waals surface area contributed by atoms with E-state index >= 15 is 0 Å². The molecule has 0 spiro atoms. The third-order valence-corrected chi connectivity index (χ3v) is 8.75. The maximum absolute atomic E-state index is 14.1. The van der Waals surface area contributed by atoms with E-state index in [1.807, 2.05) is 52.0 Å². The van der Waals surface area contributed by atoms with Gasteiger partial charge in [-0.25, -0.2) is 8.42 Å². The summed E-state index contributed by atoms with van der Waals surface area (Å²) in [4.78, 5) is 28.9. The van der Waals surface area contributed by atoms with E-state index in [-0.39, 0.29) is 23.4 Å². The number of halogens is 1. The van der Waals surface area contributed by atoms with Crippen LogP contribution in [-0.2, 0) is 26.2 Å². The second-order valence-corrected chi connectivity index (χ2v) is 11.8. The normalized spacial score (nSPS) is 12.8. The highest BCUT2D eigenvalue weighted by Gasteiger charge is 2.34. The molecule has 0 aromatic heterocycles. The Labute approximate surface area is 236 Å². The highest BCUT2D eigenvalue weighted by Crippen LogP contribution is 2.26. The van der Waals surface area contributed by atoms with Crippen molar-refractivity contribution in [1.29, 1.82) is 0 Å². The quantitative estimate of drug-likeness (QED) is 0.309. The Kier molecular flexibility index (Phi) is 10.5. The largest absolute Gasteiger partial charge is 0.352 e. The molecule has 7 nitrogen and oxygen atoms in total. The Hall–Kier alpha value is -3.36. The Bertz CT molecular complexity index is 1360. The summed E-state index contributed by atoms with van der Waals surface area (Å²) < 4.78 is 28.7. The van der Waals surface area contributed by atoms with Crippen LogP contribution in [0.15, 0.2) is 83.8 Å². The van der Waals surface area contributed by atoms with Crippen LogP contribution in [0.25, 0.3) is 0 Å². The fourth-order valence-electron chi connectivity index (χ4n) is 4.19. The zero-order valence-electron chi connectivity index (χ0n) is 22.8. The molecule has 3 aromatic rings. The van der Waals surface area contributed by atoms with E-state index in [9.17, 15) is 18.0 Å². The van der Waals surface area contributed by atoms with Gasteiger partial charge in [-0.05, 0) is 74.2 Å². The third kappa shape index (κ3) is 7.61. The molecule has 0 fully saturated rings. The molecule has 0 saturated heterocycles. The molecule has 9 heteroatoms. The second-order valence-electron chi connectivity index (χ2n) is 9.49. The van der Waals surface area contributed by atoms with Gasteiger partial charge in [-0.3, -0.25) is 13.9 Å². The van der Waals surface area contributed by atoms with Crippen molar-refractivity contribution in [3.63, 3.8) is 0 Å². The second kappa shape index (κ2) is 13.6. The van der Waals surface area contributed by atoms with Gasteiger partial charge >= 0.3 is 0 Å². The average molecular weight is 570 g/mol. The van der Waals surface area contributed by atoms with Crippen molar-refractivity contribution in [2.75, 3.05) is 10.8 Å². The predicted octanol–water partition coefficient (Wildman–Crippen LogP) is 5.57. The smallest absolute Gasteiger partial charge is 0.264 e. The Morgan fingerprint density at radius 1 is 0.897 bits per heavy atom. The minimum Gasteiger partial charge on any atom is -0.352 e. The first-order valence-electron chi connectivity index (χ1n) is 13.1. The molecule has 39 heavy (non-hydrogen) atoms. The summed E-state index contributed by atoms with van der Waals surface area (Å²) in [6.07, 6.45) is 1.11. The number of hydrogen-bond donors (Lipinski definition) is 1. The molecule has 0 unspecified atom stereocenters. The SMILES string of the molecule is CC[C@@H](C)NC(=O)[C@@H](CC)N(Cc1ccccc1C)C(=O)CN(c1ccc(Cl)cc1)S(=O)(=O)c1ccccc1. The molecule has 3 aromatic carbocycles. The number of sulfonamides is 1. The molecule has 208 valence electrons. The van der Waals surface area contributed by atoms with Gasteiger partial charge in [0, 0.05) is 17.6 Å². The Morgan fingerprint density at radius 3 is 2.10 bits per heavy atom. The van der Waals surface area contributed by atoms with Crippen molar-refractivity contribution in [3.05, 3.63) is 95.0 Å². The number of hydrogen-bond acceptors (Lipinski definition) is 4. The number of carbonyl (C=O) groups is 2. The summed E-state index contributed by atoms with van der Waals surface area (Å²) in [7, 11) is -4.11. The number of anilines is 1. The van der Waals surface area contributed by atoms with Crippen LogP contribution in [0.4, 0.5) is 5.69 Å². The molecule has 0 bridgehead atoms. The minimum absolute atomic E-state index is 0.0553. The molecule has 0 aliphatic carbocycles. The molecule has 0 aliphatic rings. The van der Waals surface area contributed by atoms with E-state index in [4.69, 9.17) is 11.6 Å². The summed E-state index contributed by atoms with van der Waals surface area (Å²) in [6, 6.07) is 21.0. The van der Waals surface area contributed by atoms with Crippen LogP contribution in [-0.4, -0.2) is 43.8 Å². The third-order valence-electron chi connectivity index (χ3n) is 6.71. The number of carbonyl (C=O) groups excluding carboxylic acids is 2. The van der Waals surface area contributed by atoms with E-state index in [1.54, 1.807) is 42.5 Å². The van der Waals surface area contributed by atoms with Gasteiger partial charge in [-0.2, -0.15) is 0 Å². The lowest BCUT2D eigenvalue weighted by Gasteiger charge is -2.34. The van der Waals surface area contributed by atoms with Gasteiger partial charge in [0.05, 0.1) is 10.6 Å². The van der Waals surface area contributed by atoms with Crippen LogP contribution >= 0.6 is 11.6 Å². The average Bonchev–Trinajstić information content (AvgIpc) is 2.93. The van der Waals surface area contributed by atoms with Crippen LogP contribution in [0, 0.1) is 6.92 Å². The zero-order chi connectivity index (χ0) is 28.6. The monoisotopic (exact) mass is 569 g/mol. The standard InChI is InChI=1S/C30H36ClN3O4S/c1-5-23(4)32-30(36)28(6-2)33(20-24-13-11-10-12-22(24)3)29(35)21-34(26-18-16-25(31)17-19-26)39(37,38)27-14-8-7-9-15-27/h7-19,23,28H,5-6,20-21H2,1-4H3,(H,32,36)/t23-,28-/m1/s1.